The fourth-order valence-corrected chi connectivity index (χ4v) is 4.41. The van der Waals surface area contributed by atoms with Gasteiger partial charge in [0.15, 0.2) is 5.16 Å². The summed E-state index contributed by atoms with van der Waals surface area (Å²) in [7, 11) is 1.65. The highest BCUT2D eigenvalue weighted by atomic mass is 32.2. The van der Waals surface area contributed by atoms with E-state index in [0.717, 1.165) is 19.4 Å². The van der Waals surface area contributed by atoms with Gasteiger partial charge in [-0.15, -0.1) is 0 Å². The summed E-state index contributed by atoms with van der Waals surface area (Å²) in [6.07, 6.45) is 8.71. The smallest absolute Gasteiger partial charge is 0.264 e. The predicted octanol–water partition coefficient (Wildman–Crippen LogP) is 1.40. The van der Waals surface area contributed by atoms with E-state index in [1.54, 1.807) is 24.3 Å². The lowest BCUT2D eigenvalue weighted by Crippen LogP contribution is -2.40. The molecule has 2 aliphatic rings. The molecular weight excluding hydrogens is 378 g/mol. The van der Waals surface area contributed by atoms with E-state index in [1.807, 2.05) is 6.26 Å². The molecule has 3 aromatic rings. The van der Waals surface area contributed by atoms with Crippen LogP contribution in [0.2, 0.25) is 0 Å². The Bertz CT molecular complexity index is 1150. The Labute approximate surface area is 164 Å². The molecule has 1 atom stereocenters. The number of hydrogen-bond donors (Lipinski definition) is 1. The fraction of sp³-hybridized carbons (Fsp3) is 0.389. The van der Waals surface area contributed by atoms with Crippen molar-refractivity contribution in [3.8, 4) is 0 Å². The lowest BCUT2D eigenvalue weighted by molar-refractivity contribution is 0.0988. The van der Waals surface area contributed by atoms with Crippen LogP contribution in [0.4, 0.5) is 11.5 Å². The highest BCUT2D eigenvalue weighted by Crippen LogP contribution is 2.35. The van der Waals surface area contributed by atoms with Gasteiger partial charge in [-0.2, -0.15) is 0 Å². The van der Waals surface area contributed by atoms with Crippen LogP contribution in [0.5, 0.6) is 0 Å². The number of carbonyl (C=O) groups is 1. The molecule has 1 N–H and O–H groups in total. The molecule has 0 saturated carbocycles. The van der Waals surface area contributed by atoms with Gasteiger partial charge in [0.1, 0.15) is 22.4 Å². The van der Waals surface area contributed by atoms with Crippen molar-refractivity contribution in [1.82, 2.24) is 24.5 Å². The second kappa shape index (κ2) is 6.33. The number of aromatic nitrogens is 5. The van der Waals surface area contributed by atoms with E-state index in [2.05, 4.69) is 24.8 Å². The van der Waals surface area contributed by atoms with Crippen LogP contribution >= 0.6 is 11.8 Å². The van der Waals surface area contributed by atoms with Crippen LogP contribution in [-0.4, -0.2) is 55.8 Å². The molecule has 0 aromatic carbocycles. The summed E-state index contributed by atoms with van der Waals surface area (Å²) in [5.41, 5.74) is 1.32. The van der Waals surface area contributed by atoms with Gasteiger partial charge in [-0.05, 0) is 19.1 Å². The van der Waals surface area contributed by atoms with E-state index < -0.39 is 0 Å². The second-order valence-electron chi connectivity index (χ2n) is 7.06. The lowest BCUT2D eigenvalue weighted by atomic mass is 10.2. The molecule has 1 amide bonds. The van der Waals surface area contributed by atoms with Gasteiger partial charge < -0.3 is 19.4 Å². The number of amides is 1. The molecule has 1 saturated heterocycles. The van der Waals surface area contributed by atoms with Crippen LogP contribution in [0.1, 0.15) is 23.2 Å². The van der Waals surface area contributed by atoms with E-state index >= 15 is 0 Å². The van der Waals surface area contributed by atoms with Gasteiger partial charge >= 0.3 is 0 Å². The molecule has 5 heterocycles. The zero-order chi connectivity index (χ0) is 19.4. The van der Waals surface area contributed by atoms with E-state index in [-0.39, 0.29) is 17.5 Å². The van der Waals surface area contributed by atoms with Gasteiger partial charge in [-0.25, -0.2) is 15.0 Å². The number of rotatable bonds is 2. The minimum absolute atomic E-state index is 0.153. The third kappa shape index (κ3) is 2.44. The SMILES string of the molecule is CSc1ncc2c(n1)N1CCC[C@H]1CN(c1c[nH]c3ncn(C)c(=O)c13)C2=O. The Hall–Kier alpha value is -2.88. The number of nitrogens with one attached hydrogen (secondary N) is 1. The van der Waals surface area contributed by atoms with Gasteiger partial charge in [0.2, 0.25) is 0 Å². The largest absolute Gasteiger partial charge is 0.351 e. The van der Waals surface area contributed by atoms with Crippen molar-refractivity contribution in [2.45, 2.75) is 24.0 Å². The predicted molar refractivity (Wildman–Crippen MR) is 107 cm³/mol. The van der Waals surface area contributed by atoms with Gasteiger partial charge in [0, 0.05) is 38.6 Å². The van der Waals surface area contributed by atoms with Crippen LogP contribution in [0.3, 0.4) is 0 Å². The molecule has 10 heteroatoms. The number of carbonyl (C=O) groups excluding carboxylic acids is 1. The summed E-state index contributed by atoms with van der Waals surface area (Å²) >= 11 is 1.46. The average molecular weight is 397 g/mol. The molecule has 0 spiro atoms. The van der Waals surface area contributed by atoms with Crippen LogP contribution in [0, 0.1) is 0 Å². The summed E-state index contributed by atoms with van der Waals surface area (Å²) in [6.45, 7) is 1.36. The van der Waals surface area contributed by atoms with E-state index in [1.165, 1.54) is 22.7 Å². The van der Waals surface area contributed by atoms with Crippen LogP contribution in [-0.2, 0) is 7.05 Å². The number of H-pyrrole nitrogens is 1. The van der Waals surface area contributed by atoms with Crippen molar-refractivity contribution < 1.29 is 4.79 Å². The van der Waals surface area contributed by atoms with Gasteiger partial charge in [0.25, 0.3) is 11.5 Å². The number of fused-ring (bicyclic) bond motifs is 4. The number of hydrogen-bond acceptors (Lipinski definition) is 7. The number of thioether (sulfide) groups is 1. The minimum atomic E-state index is -0.191. The van der Waals surface area contributed by atoms with Crippen LogP contribution < -0.4 is 15.4 Å². The zero-order valence-electron chi connectivity index (χ0n) is 15.5. The molecule has 1 fully saturated rings. The maximum atomic E-state index is 13.5. The van der Waals surface area contributed by atoms with E-state index in [0.29, 0.717) is 39.8 Å². The maximum Gasteiger partial charge on any atom is 0.264 e. The third-order valence-corrected chi connectivity index (χ3v) is 6.03. The van der Waals surface area contributed by atoms with Crippen LogP contribution in [0.15, 0.2) is 28.7 Å². The topological polar surface area (TPSA) is 100 Å². The molecule has 144 valence electrons. The van der Waals surface area contributed by atoms with Crippen molar-refractivity contribution in [2.75, 3.05) is 29.1 Å². The molecule has 0 aliphatic carbocycles. The molecule has 0 unspecified atom stereocenters. The summed E-state index contributed by atoms with van der Waals surface area (Å²) < 4.78 is 1.42. The number of anilines is 2. The van der Waals surface area contributed by atoms with E-state index in [4.69, 9.17) is 0 Å². The Morgan fingerprint density at radius 3 is 2.96 bits per heavy atom. The minimum Gasteiger partial charge on any atom is -0.351 e. The Balaban J connectivity index is 1.70. The molecule has 0 bridgehead atoms. The molecule has 3 aromatic heterocycles. The van der Waals surface area contributed by atoms with Crippen molar-refractivity contribution in [2.24, 2.45) is 7.05 Å². The van der Waals surface area contributed by atoms with Crippen molar-refractivity contribution in [3.63, 3.8) is 0 Å². The number of aromatic amines is 1. The van der Waals surface area contributed by atoms with E-state index in [9.17, 15) is 9.59 Å². The van der Waals surface area contributed by atoms with Gasteiger partial charge in [0.05, 0.1) is 12.0 Å². The first-order valence-corrected chi connectivity index (χ1v) is 10.3. The Kier molecular flexibility index (Phi) is 3.90. The average Bonchev–Trinajstić information content (AvgIpc) is 3.33. The molecule has 5 rings (SSSR count). The van der Waals surface area contributed by atoms with Crippen molar-refractivity contribution in [1.29, 1.82) is 0 Å². The molecule has 2 aliphatic heterocycles. The second-order valence-corrected chi connectivity index (χ2v) is 7.83. The standard InChI is InChI=1S/C18H19N7O2S/c1-23-9-21-14-13(17(23)27)12(7-19-14)25-8-10-4-3-5-24(10)15-11(16(25)26)6-20-18(22-15)28-2/h6-7,9-10,19H,3-5,8H2,1-2H3/t10-/m0/s1. The lowest BCUT2D eigenvalue weighted by Gasteiger charge is -2.26. The molecular formula is C18H19N7O2S. The summed E-state index contributed by atoms with van der Waals surface area (Å²) in [5.74, 6) is 0.504. The monoisotopic (exact) mass is 397 g/mol. The van der Waals surface area contributed by atoms with Gasteiger partial charge in [-0.3, -0.25) is 9.59 Å². The number of aryl methyl sites for hydroxylation is 1. The summed E-state index contributed by atoms with van der Waals surface area (Å²) in [6, 6.07) is 0.153. The number of nitrogens with zero attached hydrogens (tertiary/aromatic N) is 6. The Morgan fingerprint density at radius 2 is 2.14 bits per heavy atom. The quantitative estimate of drug-likeness (QED) is 0.515. The normalized spacial score (nSPS) is 19.1. The van der Waals surface area contributed by atoms with Crippen molar-refractivity contribution >= 4 is 40.2 Å². The highest BCUT2D eigenvalue weighted by molar-refractivity contribution is 7.98. The van der Waals surface area contributed by atoms with Gasteiger partial charge in [-0.1, -0.05) is 11.8 Å². The maximum absolute atomic E-state index is 13.5. The third-order valence-electron chi connectivity index (χ3n) is 5.47. The highest BCUT2D eigenvalue weighted by Gasteiger charge is 2.38. The summed E-state index contributed by atoms with van der Waals surface area (Å²) in [4.78, 5) is 46.3. The van der Waals surface area contributed by atoms with Crippen LogP contribution in [0.25, 0.3) is 11.0 Å². The Morgan fingerprint density at radius 1 is 1.29 bits per heavy atom. The molecule has 0 radical (unpaired) electrons. The first-order chi connectivity index (χ1) is 13.6. The first-order valence-electron chi connectivity index (χ1n) is 9.10. The molecule has 9 nitrogen and oxygen atoms in total. The first kappa shape index (κ1) is 17.2. The van der Waals surface area contributed by atoms with Crippen molar-refractivity contribution in [3.05, 3.63) is 34.6 Å². The molecule has 28 heavy (non-hydrogen) atoms. The zero-order valence-corrected chi connectivity index (χ0v) is 16.4. The summed E-state index contributed by atoms with van der Waals surface area (Å²) in [5, 5.41) is 1.07. The fourth-order valence-electron chi connectivity index (χ4n) is 4.08.